The van der Waals surface area contributed by atoms with Gasteiger partial charge in [0.15, 0.2) is 17.3 Å². The van der Waals surface area contributed by atoms with Crippen LogP contribution in [0.4, 0.5) is 0 Å². The van der Waals surface area contributed by atoms with Crippen molar-refractivity contribution in [3.8, 4) is 22.8 Å². The van der Waals surface area contributed by atoms with Crippen LogP contribution in [0.15, 0.2) is 24.4 Å². The molecule has 5 nitrogen and oxygen atoms in total. The Balaban J connectivity index is 2.10. The second kappa shape index (κ2) is 7.31. The summed E-state index contributed by atoms with van der Waals surface area (Å²) in [4.78, 5) is 12.4. The summed E-state index contributed by atoms with van der Waals surface area (Å²) in [5, 5.41) is 0. The molecule has 0 saturated heterocycles. The molecule has 1 aromatic heterocycles. The third-order valence-corrected chi connectivity index (χ3v) is 4.72. The minimum absolute atomic E-state index is 0.161. The molecule has 1 aromatic carbocycles. The molecule has 0 fully saturated rings. The minimum Gasteiger partial charge on any atom is -0.493 e. The summed E-state index contributed by atoms with van der Waals surface area (Å²) < 4.78 is 18.6. The van der Waals surface area contributed by atoms with Gasteiger partial charge in [-0.1, -0.05) is 13.8 Å². The normalized spacial score (nSPS) is 15.4. The smallest absolute Gasteiger partial charge is 0.164 e. The van der Waals surface area contributed by atoms with Gasteiger partial charge in [0.05, 0.1) is 19.4 Å². The lowest BCUT2D eigenvalue weighted by Gasteiger charge is -2.27. The lowest BCUT2D eigenvalue weighted by Crippen LogP contribution is -2.16. The van der Waals surface area contributed by atoms with Gasteiger partial charge in [0, 0.05) is 37.4 Å². The number of nitrogens with zero attached hydrogens (tertiary/aromatic N) is 1. The zero-order chi connectivity index (χ0) is 18.0. The molecular weight excluding hydrogens is 318 g/mol. The highest BCUT2D eigenvalue weighted by atomic mass is 16.5. The van der Waals surface area contributed by atoms with Crippen molar-refractivity contribution in [2.75, 3.05) is 27.4 Å². The summed E-state index contributed by atoms with van der Waals surface area (Å²) in [5.74, 6) is 1.88. The van der Waals surface area contributed by atoms with E-state index >= 15 is 0 Å². The van der Waals surface area contributed by atoms with Crippen molar-refractivity contribution in [3.05, 3.63) is 35.5 Å². The highest BCUT2D eigenvalue weighted by molar-refractivity contribution is 6.02. The minimum atomic E-state index is 0.161. The number of ketones is 1. The molecule has 0 bridgehead atoms. The zero-order valence-electron chi connectivity index (χ0n) is 15.3. The molecule has 0 saturated carbocycles. The Morgan fingerprint density at radius 2 is 2.04 bits per heavy atom. The molecule has 134 valence electrons. The third kappa shape index (κ3) is 3.16. The fraction of sp³-hybridized carbons (Fsp3) is 0.450. The fourth-order valence-corrected chi connectivity index (χ4v) is 3.43. The van der Waals surface area contributed by atoms with E-state index in [4.69, 9.17) is 14.2 Å². The average molecular weight is 343 g/mol. The quantitative estimate of drug-likeness (QED) is 0.565. The Kier molecular flexibility index (Phi) is 5.13. The van der Waals surface area contributed by atoms with E-state index in [1.54, 1.807) is 14.2 Å². The Bertz CT molecular complexity index is 778. The van der Waals surface area contributed by atoms with Gasteiger partial charge in [-0.25, -0.2) is 0 Å². The fourth-order valence-electron chi connectivity index (χ4n) is 3.43. The number of aromatic nitrogens is 1. The number of hydrogen-bond donors (Lipinski definition) is 0. The maximum absolute atomic E-state index is 12.4. The number of fused-ring (bicyclic) bond motifs is 3. The Hall–Kier alpha value is -2.27. The molecule has 1 aliphatic heterocycles. The summed E-state index contributed by atoms with van der Waals surface area (Å²) in [6.07, 6.45) is 2.50. The molecule has 2 heterocycles. The van der Waals surface area contributed by atoms with Crippen LogP contribution in [0.5, 0.6) is 11.5 Å². The van der Waals surface area contributed by atoms with Crippen LogP contribution in [0.25, 0.3) is 11.3 Å². The average Bonchev–Trinajstić information content (AvgIpc) is 3.04. The van der Waals surface area contributed by atoms with Crippen LogP contribution in [-0.2, 0) is 11.3 Å². The van der Waals surface area contributed by atoms with Gasteiger partial charge in [0.25, 0.3) is 0 Å². The van der Waals surface area contributed by atoms with Crippen LogP contribution < -0.4 is 9.47 Å². The van der Waals surface area contributed by atoms with Gasteiger partial charge < -0.3 is 18.8 Å². The molecule has 0 aliphatic carbocycles. The van der Waals surface area contributed by atoms with Gasteiger partial charge in [0.1, 0.15) is 6.61 Å². The highest BCUT2D eigenvalue weighted by Gasteiger charge is 2.28. The van der Waals surface area contributed by atoms with Crippen molar-refractivity contribution in [1.29, 1.82) is 0 Å². The molecule has 2 aromatic rings. The number of benzene rings is 1. The summed E-state index contributed by atoms with van der Waals surface area (Å²) in [6.45, 7) is 5.92. The number of ether oxygens (including phenoxy) is 3. The van der Waals surface area contributed by atoms with Crippen LogP contribution in [0, 0.1) is 0 Å². The van der Waals surface area contributed by atoms with Gasteiger partial charge in [-0.15, -0.1) is 0 Å². The molecule has 1 aliphatic rings. The third-order valence-electron chi connectivity index (χ3n) is 4.72. The number of Topliss-reactive ketones (excluding diaryl/α,β-unsaturated/α-hetero) is 1. The van der Waals surface area contributed by atoms with Crippen LogP contribution in [-0.4, -0.2) is 37.8 Å². The number of methoxy groups -OCH3 is 2. The second-order valence-corrected chi connectivity index (χ2v) is 6.34. The van der Waals surface area contributed by atoms with Crippen molar-refractivity contribution in [2.24, 2.45) is 0 Å². The Morgan fingerprint density at radius 3 is 2.72 bits per heavy atom. The standard InChI is InChI=1S/C20H25NO4/c1-5-17(22)14-6-7-21-12-13(2)15-10-19(25-9-8-23-3)18(24-4)11-16(15)20(14)21/h6-7,10-11,13H,5,8-9,12H2,1-4H3. The first-order chi connectivity index (χ1) is 12.1. The molecular formula is C20H25NO4. The molecule has 0 N–H and O–H groups in total. The maximum atomic E-state index is 12.4. The second-order valence-electron chi connectivity index (χ2n) is 6.34. The van der Waals surface area contributed by atoms with Crippen molar-refractivity contribution in [3.63, 3.8) is 0 Å². The zero-order valence-corrected chi connectivity index (χ0v) is 15.3. The van der Waals surface area contributed by atoms with Crippen molar-refractivity contribution < 1.29 is 19.0 Å². The van der Waals surface area contributed by atoms with Crippen LogP contribution in [0.2, 0.25) is 0 Å². The molecule has 0 spiro atoms. The van der Waals surface area contributed by atoms with Gasteiger partial charge in [-0.2, -0.15) is 0 Å². The highest BCUT2D eigenvalue weighted by Crippen LogP contribution is 2.44. The van der Waals surface area contributed by atoms with E-state index in [1.807, 2.05) is 31.3 Å². The van der Waals surface area contributed by atoms with Crippen LogP contribution >= 0.6 is 0 Å². The number of carbonyl (C=O) groups excluding carboxylic acids is 1. The number of rotatable bonds is 7. The van der Waals surface area contributed by atoms with Crippen molar-refractivity contribution in [1.82, 2.24) is 4.57 Å². The topological polar surface area (TPSA) is 49.7 Å². The molecule has 25 heavy (non-hydrogen) atoms. The van der Waals surface area contributed by atoms with Crippen molar-refractivity contribution in [2.45, 2.75) is 32.7 Å². The Labute approximate surface area is 148 Å². The predicted molar refractivity (Wildman–Crippen MR) is 96.8 cm³/mol. The molecule has 1 unspecified atom stereocenters. The first-order valence-electron chi connectivity index (χ1n) is 8.67. The van der Waals surface area contributed by atoms with Crippen LogP contribution in [0.3, 0.4) is 0 Å². The first-order valence-corrected chi connectivity index (χ1v) is 8.67. The summed E-state index contributed by atoms with van der Waals surface area (Å²) in [6, 6.07) is 5.97. The molecule has 3 rings (SSSR count). The van der Waals surface area contributed by atoms with E-state index in [2.05, 4.69) is 11.5 Å². The van der Waals surface area contributed by atoms with Gasteiger partial charge >= 0.3 is 0 Å². The lowest BCUT2D eigenvalue weighted by molar-refractivity contribution is 0.0988. The SMILES string of the molecule is CCC(=O)c1ccn2c1-c1cc(OC)c(OCCOC)cc1C(C)C2. The molecule has 0 radical (unpaired) electrons. The van der Waals surface area contributed by atoms with E-state index in [-0.39, 0.29) is 5.78 Å². The largest absolute Gasteiger partial charge is 0.493 e. The molecule has 0 amide bonds. The van der Waals surface area contributed by atoms with E-state index in [9.17, 15) is 4.79 Å². The predicted octanol–water partition coefficient (Wildman–Crippen LogP) is 3.90. The Morgan fingerprint density at radius 1 is 1.24 bits per heavy atom. The van der Waals surface area contributed by atoms with E-state index in [1.165, 1.54) is 5.56 Å². The summed E-state index contributed by atoms with van der Waals surface area (Å²) >= 11 is 0. The number of hydrogen-bond acceptors (Lipinski definition) is 4. The summed E-state index contributed by atoms with van der Waals surface area (Å²) in [5.41, 5.74) is 4.01. The van der Waals surface area contributed by atoms with Gasteiger partial charge in [0.2, 0.25) is 0 Å². The van der Waals surface area contributed by atoms with E-state index in [0.717, 1.165) is 23.4 Å². The molecule has 5 heteroatoms. The monoisotopic (exact) mass is 343 g/mol. The van der Waals surface area contributed by atoms with Gasteiger partial charge in [-0.3, -0.25) is 4.79 Å². The maximum Gasteiger partial charge on any atom is 0.164 e. The van der Waals surface area contributed by atoms with Crippen molar-refractivity contribution >= 4 is 5.78 Å². The number of carbonyl (C=O) groups is 1. The van der Waals surface area contributed by atoms with E-state index < -0.39 is 0 Å². The van der Waals surface area contributed by atoms with Crippen LogP contribution in [0.1, 0.15) is 42.1 Å². The van der Waals surface area contributed by atoms with Gasteiger partial charge in [-0.05, 0) is 29.7 Å². The molecule has 1 atom stereocenters. The lowest BCUT2D eigenvalue weighted by atomic mass is 9.88. The van der Waals surface area contributed by atoms with E-state index in [0.29, 0.717) is 37.1 Å². The first kappa shape index (κ1) is 17.5. The summed E-state index contributed by atoms with van der Waals surface area (Å²) in [7, 11) is 3.28.